The van der Waals surface area contributed by atoms with Crippen LogP contribution in [0.15, 0.2) is 41.8 Å². The summed E-state index contributed by atoms with van der Waals surface area (Å²) in [5.74, 6) is 0.348. The van der Waals surface area contributed by atoms with Crippen molar-refractivity contribution in [3.05, 3.63) is 57.8 Å². The molecule has 0 bridgehead atoms. The Balaban J connectivity index is 1.80. The van der Waals surface area contributed by atoms with E-state index < -0.39 is 0 Å². The molecule has 0 spiro atoms. The normalized spacial score (nSPS) is 25.9. The van der Waals surface area contributed by atoms with E-state index in [1.54, 1.807) is 16.2 Å². The highest BCUT2D eigenvalue weighted by Crippen LogP contribution is 2.44. The maximum absolute atomic E-state index is 13.6. The van der Waals surface area contributed by atoms with Crippen molar-refractivity contribution < 1.29 is 9.59 Å². The molecule has 1 aromatic carbocycles. The molecule has 0 aliphatic carbocycles. The molecular formula is C21H24N2O2S. The average Bonchev–Trinajstić information content (AvgIpc) is 3.18. The van der Waals surface area contributed by atoms with Gasteiger partial charge in [0, 0.05) is 30.6 Å². The van der Waals surface area contributed by atoms with Gasteiger partial charge in [-0.05, 0) is 41.8 Å². The van der Waals surface area contributed by atoms with E-state index in [9.17, 15) is 9.59 Å². The van der Waals surface area contributed by atoms with Crippen molar-refractivity contribution in [1.29, 1.82) is 0 Å². The Labute approximate surface area is 158 Å². The van der Waals surface area contributed by atoms with Crippen LogP contribution in [0.5, 0.6) is 0 Å². The standard InChI is InChI=1S/C21H24N2O2S/c1-14-7-5-11-23(13-14)21(25)18-15-8-3-4-9-16(15)20(24)22(2)19(18)17-10-6-12-26-17/h3-4,6,8-10,12,14,18-19H,5,7,11,13H2,1-2H3. The Morgan fingerprint density at radius 2 is 2.00 bits per heavy atom. The first-order valence-electron chi connectivity index (χ1n) is 9.26. The minimum Gasteiger partial charge on any atom is -0.342 e. The summed E-state index contributed by atoms with van der Waals surface area (Å²) in [6.07, 6.45) is 2.23. The molecule has 5 heteroatoms. The van der Waals surface area contributed by atoms with Gasteiger partial charge in [0.25, 0.3) is 5.91 Å². The van der Waals surface area contributed by atoms with Crippen LogP contribution in [-0.2, 0) is 4.79 Å². The number of hydrogen-bond acceptors (Lipinski definition) is 3. The van der Waals surface area contributed by atoms with Gasteiger partial charge in [0.1, 0.15) is 0 Å². The number of hydrogen-bond donors (Lipinski definition) is 0. The molecule has 3 unspecified atom stereocenters. The summed E-state index contributed by atoms with van der Waals surface area (Å²) in [4.78, 5) is 31.4. The number of likely N-dealkylation sites (N-methyl/N-ethyl adjacent to an activating group) is 1. The van der Waals surface area contributed by atoms with Gasteiger partial charge in [0.15, 0.2) is 0 Å². The minimum atomic E-state index is -0.335. The summed E-state index contributed by atoms with van der Waals surface area (Å²) >= 11 is 1.61. The Morgan fingerprint density at radius 1 is 1.19 bits per heavy atom. The van der Waals surface area contributed by atoms with E-state index in [-0.39, 0.29) is 23.8 Å². The molecule has 3 atom stereocenters. The first-order chi connectivity index (χ1) is 12.6. The number of carbonyl (C=O) groups is 2. The lowest BCUT2D eigenvalue weighted by Gasteiger charge is -2.42. The largest absolute Gasteiger partial charge is 0.342 e. The minimum absolute atomic E-state index is 0.00457. The number of likely N-dealkylation sites (tertiary alicyclic amines) is 1. The Morgan fingerprint density at radius 3 is 2.73 bits per heavy atom. The lowest BCUT2D eigenvalue weighted by Crippen LogP contribution is -2.48. The zero-order valence-electron chi connectivity index (χ0n) is 15.2. The number of benzene rings is 1. The van der Waals surface area contributed by atoms with Crippen LogP contribution in [0.3, 0.4) is 0 Å². The molecule has 1 aromatic heterocycles. The summed E-state index contributed by atoms with van der Waals surface area (Å²) in [6.45, 7) is 3.84. The molecule has 0 N–H and O–H groups in total. The SMILES string of the molecule is CC1CCCN(C(=O)C2c3ccccc3C(=O)N(C)C2c2cccs2)C1. The van der Waals surface area contributed by atoms with Crippen molar-refractivity contribution >= 4 is 23.2 Å². The molecule has 136 valence electrons. The van der Waals surface area contributed by atoms with E-state index in [4.69, 9.17) is 0 Å². The second-order valence-electron chi connectivity index (χ2n) is 7.47. The zero-order chi connectivity index (χ0) is 18.3. The van der Waals surface area contributed by atoms with E-state index in [1.165, 1.54) is 6.42 Å². The second-order valence-corrected chi connectivity index (χ2v) is 8.45. The van der Waals surface area contributed by atoms with Gasteiger partial charge in [0.05, 0.1) is 12.0 Å². The van der Waals surface area contributed by atoms with E-state index in [2.05, 4.69) is 6.92 Å². The molecule has 4 rings (SSSR count). The molecule has 26 heavy (non-hydrogen) atoms. The quantitative estimate of drug-likeness (QED) is 0.806. The molecule has 2 aliphatic rings. The lowest BCUT2D eigenvalue weighted by molar-refractivity contribution is -0.136. The van der Waals surface area contributed by atoms with Crippen molar-refractivity contribution in [1.82, 2.24) is 9.80 Å². The Hall–Kier alpha value is -2.14. The van der Waals surface area contributed by atoms with Gasteiger partial charge < -0.3 is 9.80 Å². The van der Waals surface area contributed by atoms with Crippen LogP contribution in [0, 0.1) is 5.92 Å². The number of thiophene rings is 1. The average molecular weight is 369 g/mol. The van der Waals surface area contributed by atoms with E-state index in [1.807, 2.05) is 53.7 Å². The molecule has 4 nitrogen and oxygen atoms in total. The number of nitrogens with zero attached hydrogens (tertiary/aromatic N) is 2. The number of carbonyl (C=O) groups excluding carboxylic acids is 2. The molecule has 2 amide bonds. The summed E-state index contributed by atoms with van der Waals surface area (Å²) in [5, 5.41) is 2.01. The lowest BCUT2D eigenvalue weighted by atomic mass is 9.81. The van der Waals surface area contributed by atoms with Crippen molar-refractivity contribution in [2.75, 3.05) is 20.1 Å². The smallest absolute Gasteiger partial charge is 0.254 e. The van der Waals surface area contributed by atoms with Gasteiger partial charge in [0.2, 0.25) is 5.91 Å². The van der Waals surface area contributed by atoms with Crippen LogP contribution in [-0.4, -0.2) is 41.8 Å². The molecule has 0 saturated carbocycles. The van der Waals surface area contributed by atoms with Gasteiger partial charge in [-0.15, -0.1) is 11.3 Å². The van der Waals surface area contributed by atoms with Crippen LogP contribution in [0.2, 0.25) is 0 Å². The summed E-state index contributed by atoms with van der Waals surface area (Å²) in [5.41, 5.74) is 1.53. The predicted octanol–water partition coefficient (Wildman–Crippen LogP) is 3.92. The number of amides is 2. The van der Waals surface area contributed by atoms with Crippen molar-refractivity contribution in [2.45, 2.75) is 31.7 Å². The van der Waals surface area contributed by atoms with Crippen LogP contribution < -0.4 is 0 Å². The number of rotatable bonds is 2. The fourth-order valence-corrected chi connectivity index (χ4v) is 5.25. The third-order valence-corrected chi connectivity index (χ3v) is 6.59. The van der Waals surface area contributed by atoms with Crippen molar-refractivity contribution in [3.63, 3.8) is 0 Å². The summed E-state index contributed by atoms with van der Waals surface area (Å²) < 4.78 is 0. The topological polar surface area (TPSA) is 40.6 Å². The zero-order valence-corrected chi connectivity index (χ0v) is 16.0. The first kappa shape index (κ1) is 17.3. The van der Waals surface area contributed by atoms with Gasteiger partial charge in [-0.25, -0.2) is 0 Å². The molecule has 0 radical (unpaired) electrons. The first-order valence-corrected chi connectivity index (χ1v) is 10.1. The number of piperidine rings is 1. The van der Waals surface area contributed by atoms with Gasteiger partial charge in [-0.2, -0.15) is 0 Å². The van der Waals surface area contributed by atoms with Crippen molar-refractivity contribution in [2.24, 2.45) is 5.92 Å². The van der Waals surface area contributed by atoms with Crippen LogP contribution in [0.4, 0.5) is 0 Å². The van der Waals surface area contributed by atoms with E-state index in [0.717, 1.165) is 30.0 Å². The maximum atomic E-state index is 13.6. The van der Waals surface area contributed by atoms with Gasteiger partial charge in [-0.1, -0.05) is 31.2 Å². The molecular weight excluding hydrogens is 344 g/mol. The van der Waals surface area contributed by atoms with Crippen LogP contribution in [0.25, 0.3) is 0 Å². The number of fused-ring (bicyclic) bond motifs is 1. The third kappa shape index (κ3) is 2.84. The molecule has 1 fully saturated rings. The summed E-state index contributed by atoms with van der Waals surface area (Å²) in [7, 11) is 1.82. The predicted molar refractivity (Wildman–Crippen MR) is 103 cm³/mol. The maximum Gasteiger partial charge on any atom is 0.254 e. The molecule has 2 aromatic rings. The molecule has 3 heterocycles. The van der Waals surface area contributed by atoms with Gasteiger partial charge >= 0.3 is 0 Å². The van der Waals surface area contributed by atoms with E-state index in [0.29, 0.717) is 11.5 Å². The Bertz CT molecular complexity index is 817. The molecule has 2 aliphatic heterocycles. The molecule has 1 saturated heterocycles. The third-order valence-electron chi connectivity index (χ3n) is 5.65. The fourth-order valence-electron chi connectivity index (χ4n) is 4.34. The highest BCUT2D eigenvalue weighted by atomic mass is 32.1. The fraction of sp³-hybridized carbons (Fsp3) is 0.429. The highest BCUT2D eigenvalue weighted by molar-refractivity contribution is 7.10. The second kappa shape index (κ2) is 6.88. The van der Waals surface area contributed by atoms with E-state index >= 15 is 0 Å². The Kier molecular flexibility index (Phi) is 4.57. The van der Waals surface area contributed by atoms with Crippen LogP contribution in [0.1, 0.15) is 52.5 Å². The van der Waals surface area contributed by atoms with Crippen LogP contribution >= 0.6 is 11.3 Å². The highest BCUT2D eigenvalue weighted by Gasteiger charge is 2.44. The summed E-state index contributed by atoms with van der Waals surface area (Å²) in [6, 6.07) is 11.4. The van der Waals surface area contributed by atoms with Gasteiger partial charge in [-0.3, -0.25) is 9.59 Å². The van der Waals surface area contributed by atoms with Crippen molar-refractivity contribution in [3.8, 4) is 0 Å². The monoisotopic (exact) mass is 368 g/mol.